The molecule has 1 aliphatic rings. The quantitative estimate of drug-likeness (QED) is 0.849. The number of nitrogens with zero attached hydrogens (tertiary/aromatic N) is 5. The Balaban J connectivity index is 1.62. The molecule has 0 aromatic carbocycles. The number of hydrogen-bond acceptors (Lipinski definition) is 7. The van der Waals surface area contributed by atoms with Gasteiger partial charge in [0.1, 0.15) is 0 Å². The Labute approximate surface area is 123 Å². The summed E-state index contributed by atoms with van der Waals surface area (Å²) < 4.78 is 0. The highest BCUT2D eigenvalue weighted by atomic mass is 15.3. The van der Waals surface area contributed by atoms with Crippen LogP contribution >= 0.6 is 0 Å². The summed E-state index contributed by atoms with van der Waals surface area (Å²) >= 11 is 0. The lowest BCUT2D eigenvalue weighted by Crippen LogP contribution is -2.22. The zero-order chi connectivity index (χ0) is 14.5. The van der Waals surface area contributed by atoms with Crippen LogP contribution in [0.25, 0.3) is 0 Å². The van der Waals surface area contributed by atoms with Crippen LogP contribution in [0.3, 0.4) is 0 Å². The molecule has 2 aromatic heterocycles. The fraction of sp³-hybridized carbons (Fsp3) is 0.429. The van der Waals surface area contributed by atoms with Gasteiger partial charge in [-0.05, 0) is 30.9 Å². The molecule has 0 saturated carbocycles. The minimum atomic E-state index is 0.260. The van der Waals surface area contributed by atoms with Crippen molar-refractivity contribution >= 4 is 17.8 Å². The average Bonchev–Trinajstić information content (AvgIpc) is 3.02. The predicted octanol–water partition coefficient (Wildman–Crippen LogP) is 1.10. The van der Waals surface area contributed by atoms with Gasteiger partial charge in [-0.3, -0.25) is 4.98 Å². The van der Waals surface area contributed by atoms with E-state index in [1.807, 2.05) is 18.3 Å². The summed E-state index contributed by atoms with van der Waals surface area (Å²) in [4.78, 5) is 19.0. The lowest BCUT2D eigenvalue weighted by atomic mass is 10.2. The zero-order valence-electron chi connectivity index (χ0n) is 11.9. The second-order valence-electron chi connectivity index (χ2n) is 5.05. The summed E-state index contributed by atoms with van der Waals surface area (Å²) in [6.07, 6.45) is 6.84. The molecule has 0 radical (unpaired) electrons. The standard InChI is InChI=1S/C14H19N7/c15-12-18-13(17-7-5-11-4-3-6-16-10-11)20-14(19-12)21-8-1-2-9-21/h3-4,6,10H,1-2,5,7-9H2,(H3,15,17,18,19,20). The lowest BCUT2D eigenvalue weighted by molar-refractivity contribution is 0.877. The zero-order valence-corrected chi connectivity index (χ0v) is 11.9. The smallest absolute Gasteiger partial charge is 0.231 e. The minimum absolute atomic E-state index is 0.260. The molecule has 3 heterocycles. The number of nitrogens with two attached hydrogens (primary N) is 1. The maximum Gasteiger partial charge on any atom is 0.231 e. The van der Waals surface area contributed by atoms with Gasteiger partial charge in [0.25, 0.3) is 0 Å². The molecule has 1 saturated heterocycles. The molecule has 1 aliphatic heterocycles. The van der Waals surface area contributed by atoms with Crippen molar-refractivity contribution in [3.8, 4) is 0 Å². The molecule has 7 nitrogen and oxygen atoms in total. The van der Waals surface area contributed by atoms with Gasteiger partial charge in [-0.15, -0.1) is 0 Å². The van der Waals surface area contributed by atoms with E-state index in [9.17, 15) is 0 Å². The van der Waals surface area contributed by atoms with E-state index in [0.29, 0.717) is 11.9 Å². The highest BCUT2D eigenvalue weighted by molar-refractivity contribution is 5.42. The molecule has 7 heteroatoms. The first-order chi connectivity index (χ1) is 10.3. The maximum absolute atomic E-state index is 5.77. The van der Waals surface area contributed by atoms with Crippen molar-refractivity contribution in [3.05, 3.63) is 30.1 Å². The lowest BCUT2D eigenvalue weighted by Gasteiger charge is -2.16. The number of nitrogen functional groups attached to an aromatic ring is 1. The monoisotopic (exact) mass is 285 g/mol. The molecular weight excluding hydrogens is 266 g/mol. The number of aromatic nitrogens is 4. The van der Waals surface area contributed by atoms with Gasteiger partial charge in [0.2, 0.25) is 17.8 Å². The fourth-order valence-corrected chi connectivity index (χ4v) is 2.38. The maximum atomic E-state index is 5.77. The summed E-state index contributed by atoms with van der Waals surface area (Å²) in [5.41, 5.74) is 6.94. The van der Waals surface area contributed by atoms with Gasteiger partial charge in [-0.1, -0.05) is 6.07 Å². The number of rotatable bonds is 5. The van der Waals surface area contributed by atoms with Crippen LogP contribution in [0.5, 0.6) is 0 Å². The van der Waals surface area contributed by atoms with Gasteiger partial charge < -0.3 is 16.0 Å². The van der Waals surface area contributed by atoms with Crippen LogP contribution in [0.1, 0.15) is 18.4 Å². The highest BCUT2D eigenvalue weighted by Gasteiger charge is 2.16. The molecule has 0 bridgehead atoms. The van der Waals surface area contributed by atoms with Crippen LogP contribution in [0.15, 0.2) is 24.5 Å². The van der Waals surface area contributed by atoms with E-state index in [4.69, 9.17) is 5.73 Å². The summed E-state index contributed by atoms with van der Waals surface area (Å²) in [7, 11) is 0. The SMILES string of the molecule is Nc1nc(NCCc2cccnc2)nc(N2CCCC2)n1. The average molecular weight is 285 g/mol. The minimum Gasteiger partial charge on any atom is -0.368 e. The number of hydrogen-bond donors (Lipinski definition) is 2. The van der Waals surface area contributed by atoms with Crippen molar-refractivity contribution in [1.29, 1.82) is 0 Å². The summed E-state index contributed by atoms with van der Waals surface area (Å²) in [6.45, 7) is 2.70. The number of pyridine rings is 1. The van der Waals surface area contributed by atoms with Crippen molar-refractivity contribution in [2.24, 2.45) is 0 Å². The van der Waals surface area contributed by atoms with E-state index in [1.165, 1.54) is 18.4 Å². The summed E-state index contributed by atoms with van der Waals surface area (Å²) in [6, 6.07) is 3.98. The van der Waals surface area contributed by atoms with Gasteiger partial charge >= 0.3 is 0 Å². The third-order valence-corrected chi connectivity index (χ3v) is 3.45. The Hall–Kier alpha value is -2.44. The first-order valence-corrected chi connectivity index (χ1v) is 7.20. The first-order valence-electron chi connectivity index (χ1n) is 7.20. The molecule has 1 fully saturated rings. The van der Waals surface area contributed by atoms with Crippen LogP contribution in [-0.4, -0.2) is 39.6 Å². The molecule has 3 N–H and O–H groups in total. The van der Waals surface area contributed by atoms with Crippen molar-refractivity contribution in [2.45, 2.75) is 19.3 Å². The fourth-order valence-electron chi connectivity index (χ4n) is 2.38. The Bertz CT molecular complexity index is 581. The Kier molecular flexibility index (Phi) is 4.09. The molecule has 0 spiro atoms. The Morgan fingerprint density at radius 2 is 2.05 bits per heavy atom. The summed E-state index contributed by atoms with van der Waals surface area (Å²) in [5.74, 6) is 1.47. The van der Waals surface area contributed by atoms with E-state index in [-0.39, 0.29) is 5.95 Å². The number of anilines is 3. The first kappa shape index (κ1) is 13.5. The molecule has 3 rings (SSSR count). The molecule has 110 valence electrons. The van der Waals surface area contributed by atoms with Gasteiger partial charge in [0.15, 0.2) is 0 Å². The largest absolute Gasteiger partial charge is 0.368 e. The third-order valence-electron chi connectivity index (χ3n) is 3.45. The van der Waals surface area contributed by atoms with Crippen LogP contribution in [0, 0.1) is 0 Å². The molecular formula is C14H19N7. The van der Waals surface area contributed by atoms with Crippen molar-refractivity contribution in [3.63, 3.8) is 0 Å². The number of nitrogens with one attached hydrogen (secondary N) is 1. The summed E-state index contributed by atoms with van der Waals surface area (Å²) in [5, 5.41) is 3.20. The Morgan fingerprint density at radius 1 is 1.19 bits per heavy atom. The van der Waals surface area contributed by atoms with E-state index in [2.05, 4.69) is 30.2 Å². The molecule has 21 heavy (non-hydrogen) atoms. The van der Waals surface area contributed by atoms with Gasteiger partial charge in [-0.2, -0.15) is 15.0 Å². The molecule has 0 amide bonds. The van der Waals surface area contributed by atoms with Crippen LogP contribution < -0.4 is 16.0 Å². The second-order valence-corrected chi connectivity index (χ2v) is 5.05. The predicted molar refractivity (Wildman–Crippen MR) is 82.1 cm³/mol. The van der Waals surface area contributed by atoms with Crippen LogP contribution in [0.4, 0.5) is 17.8 Å². The van der Waals surface area contributed by atoms with Crippen LogP contribution in [-0.2, 0) is 6.42 Å². The van der Waals surface area contributed by atoms with Gasteiger partial charge in [0, 0.05) is 32.0 Å². The molecule has 0 unspecified atom stereocenters. The molecule has 2 aromatic rings. The van der Waals surface area contributed by atoms with E-state index in [1.54, 1.807) is 6.20 Å². The van der Waals surface area contributed by atoms with Crippen molar-refractivity contribution in [1.82, 2.24) is 19.9 Å². The third kappa shape index (κ3) is 3.56. The van der Waals surface area contributed by atoms with E-state index in [0.717, 1.165) is 26.1 Å². The van der Waals surface area contributed by atoms with Crippen molar-refractivity contribution in [2.75, 3.05) is 35.6 Å². The van der Waals surface area contributed by atoms with Gasteiger partial charge in [-0.25, -0.2) is 0 Å². The topological polar surface area (TPSA) is 92.8 Å². The molecule has 0 aliphatic carbocycles. The molecule has 0 atom stereocenters. The van der Waals surface area contributed by atoms with Gasteiger partial charge in [0.05, 0.1) is 0 Å². The van der Waals surface area contributed by atoms with Crippen LogP contribution in [0.2, 0.25) is 0 Å². The van der Waals surface area contributed by atoms with E-state index < -0.39 is 0 Å². The van der Waals surface area contributed by atoms with E-state index >= 15 is 0 Å². The van der Waals surface area contributed by atoms with Crippen molar-refractivity contribution < 1.29 is 0 Å². The Morgan fingerprint density at radius 3 is 2.81 bits per heavy atom. The normalized spacial score (nSPS) is 14.4. The second kappa shape index (κ2) is 6.34. The highest BCUT2D eigenvalue weighted by Crippen LogP contribution is 2.17.